The Morgan fingerprint density at radius 3 is 2.95 bits per heavy atom. The van der Waals surface area contributed by atoms with E-state index in [2.05, 4.69) is 15.7 Å². The van der Waals surface area contributed by atoms with Crippen molar-refractivity contribution in [2.24, 2.45) is 5.92 Å². The van der Waals surface area contributed by atoms with E-state index >= 15 is 0 Å². The minimum absolute atomic E-state index is 0.650. The van der Waals surface area contributed by atoms with Crippen molar-refractivity contribution in [2.45, 2.75) is 44.9 Å². The van der Waals surface area contributed by atoms with Crippen molar-refractivity contribution in [3.8, 4) is 0 Å². The average molecular weight is 282 g/mol. The van der Waals surface area contributed by atoms with Crippen molar-refractivity contribution in [3.05, 3.63) is 16.1 Å². The van der Waals surface area contributed by atoms with Gasteiger partial charge in [0, 0.05) is 31.2 Å². The van der Waals surface area contributed by atoms with Crippen LogP contribution in [0.5, 0.6) is 0 Å². The van der Waals surface area contributed by atoms with Gasteiger partial charge in [0.1, 0.15) is 5.01 Å². The number of thiazole rings is 1. The van der Waals surface area contributed by atoms with E-state index < -0.39 is 0 Å². The first kappa shape index (κ1) is 13.5. The van der Waals surface area contributed by atoms with Crippen LogP contribution in [0, 0.1) is 5.92 Å². The van der Waals surface area contributed by atoms with Crippen LogP contribution in [0.15, 0.2) is 5.38 Å². The second-order valence-electron chi connectivity index (χ2n) is 5.46. The van der Waals surface area contributed by atoms with E-state index in [1.807, 2.05) is 0 Å². The van der Waals surface area contributed by atoms with E-state index in [1.54, 1.807) is 11.3 Å². The zero-order chi connectivity index (χ0) is 12.9. The monoisotopic (exact) mass is 282 g/mol. The molecule has 0 spiro atoms. The highest BCUT2D eigenvalue weighted by atomic mass is 32.1. The highest BCUT2D eigenvalue weighted by molar-refractivity contribution is 7.09. The van der Waals surface area contributed by atoms with Crippen LogP contribution >= 0.6 is 11.3 Å². The SMILES string of the molecule is c1sc(CNC2CC2)nc1COCC1CCOCC1. The van der Waals surface area contributed by atoms with Gasteiger partial charge < -0.3 is 14.8 Å². The summed E-state index contributed by atoms with van der Waals surface area (Å²) in [7, 11) is 0. The third-order valence-electron chi connectivity index (χ3n) is 3.66. The van der Waals surface area contributed by atoms with Crippen LogP contribution in [0.2, 0.25) is 0 Å². The van der Waals surface area contributed by atoms with Crippen LogP contribution in [0.25, 0.3) is 0 Å². The minimum atomic E-state index is 0.650. The van der Waals surface area contributed by atoms with Crippen LogP contribution in [0.4, 0.5) is 0 Å². The molecule has 5 heteroatoms. The maximum absolute atomic E-state index is 5.78. The van der Waals surface area contributed by atoms with Gasteiger partial charge in [-0.05, 0) is 31.6 Å². The van der Waals surface area contributed by atoms with Crippen LogP contribution in [-0.4, -0.2) is 30.8 Å². The second kappa shape index (κ2) is 6.79. The van der Waals surface area contributed by atoms with Crippen molar-refractivity contribution in [3.63, 3.8) is 0 Å². The average Bonchev–Trinajstić information content (AvgIpc) is 3.17. The molecule has 0 atom stereocenters. The lowest BCUT2D eigenvalue weighted by Crippen LogP contribution is -2.20. The highest BCUT2D eigenvalue weighted by Gasteiger charge is 2.20. The van der Waals surface area contributed by atoms with Gasteiger partial charge in [0.15, 0.2) is 0 Å². The largest absolute Gasteiger partial charge is 0.381 e. The Kier molecular flexibility index (Phi) is 4.82. The standard InChI is InChI=1S/C14H22N2O2S/c1-2-12(1)15-7-14-16-13(10-19-14)9-18-8-11-3-5-17-6-4-11/h10-12,15H,1-9H2. The van der Waals surface area contributed by atoms with Crippen LogP contribution < -0.4 is 5.32 Å². The van der Waals surface area contributed by atoms with Crippen LogP contribution in [0.1, 0.15) is 36.4 Å². The van der Waals surface area contributed by atoms with Gasteiger partial charge in [0.2, 0.25) is 0 Å². The lowest BCUT2D eigenvalue weighted by atomic mass is 10.0. The van der Waals surface area contributed by atoms with Crippen molar-refractivity contribution in [1.82, 2.24) is 10.3 Å². The summed E-state index contributed by atoms with van der Waals surface area (Å²) in [5.41, 5.74) is 1.07. The van der Waals surface area contributed by atoms with E-state index in [-0.39, 0.29) is 0 Å². The van der Waals surface area contributed by atoms with Gasteiger partial charge >= 0.3 is 0 Å². The summed E-state index contributed by atoms with van der Waals surface area (Å²) in [6.07, 6.45) is 4.92. The molecule has 19 heavy (non-hydrogen) atoms. The first-order valence-corrected chi connectivity index (χ1v) is 8.10. The summed E-state index contributed by atoms with van der Waals surface area (Å²) in [6.45, 7) is 4.19. The molecule has 0 bridgehead atoms. The number of rotatable bonds is 7. The Morgan fingerprint density at radius 1 is 1.32 bits per heavy atom. The molecule has 1 aliphatic carbocycles. The number of nitrogens with one attached hydrogen (secondary N) is 1. The molecule has 1 saturated carbocycles. The highest BCUT2D eigenvalue weighted by Crippen LogP contribution is 2.20. The Morgan fingerprint density at radius 2 is 2.16 bits per heavy atom. The van der Waals surface area contributed by atoms with Gasteiger partial charge in [-0.2, -0.15) is 0 Å². The third-order valence-corrected chi connectivity index (χ3v) is 4.56. The van der Waals surface area contributed by atoms with Gasteiger partial charge in [0.25, 0.3) is 0 Å². The molecular weight excluding hydrogens is 260 g/mol. The molecular formula is C14H22N2O2S. The van der Waals surface area contributed by atoms with Gasteiger partial charge in [-0.3, -0.25) is 0 Å². The van der Waals surface area contributed by atoms with E-state index in [4.69, 9.17) is 9.47 Å². The summed E-state index contributed by atoms with van der Waals surface area (Å²) < 4.78 is 11.1. The second-order valence-corrected chi connectivity index (χ2v) is 6.40. The number of hydrogen-bond donors (Lipinski definition) is 1. The summed E-state index contributed by atoms with van der Waals surface area (Å²) in [6, 6.07) is 0.747. The van der Waals surface area contributed by atoms with Crippen LogP contribution in [0.3, 0.4) is 0 Å². The predicted octanol–water partition coefficient (Wildman–Crippen LogP) is 2.34. The number of aromatic nitrogens is 1. The molecule has 3 rings (SSSR count). The Labute approximate surface area is 118 Å². The molecule has 4 nitrogen and oxygen atoms in total. The first-order chi connectivity index (χ1) is 9.40. The quantitative estimate of drug-likeness (QED) is 0.833. The summed E-state index contributed by atoms with van der Waals surface area (Å²) >= 11 is 1.73. The van der Waals surface area contributed by atoms with Crippen molar-refractivity contribution in [1.29, 1.82) is 0 Å². The molecule has 0 radical (unpaired) electrons. The maximum atomic E-state index is 5.78. The Balaban J connectivity index is 1.34. The maximum Gasteiger partial charge on any atom is 0.107 e. The Hall–Kier alpha value is -0.490. The van der Waals surface area contributed by atoms with E-state index in [1.165, 1.54) is 17.8 Å². The molecule has 1 aromatic rings. The molecule has 1 aliphatic heterocycles. The van der Waals surface area contributed by atoms with E-state index in [0.717, 1.165) is 50.9 Å². The fraction of sp³-hybridized carbons (Fsp3) is 0.786. The lowest BCUT2D eigenvalue weighted by molar-refractivity contribution is 0.0151. The van der Waals surface area contributed by atoms with Gasteiger partial charge in [-0.25, -0.2) is 4.98 Å². The molecule has 1 N–H and O–H groups in total. The molecule has 1 saturated heterocycles. The minimum Gasteiger partial charge on any atom is -0.381 e. The summed E-state index contributed by atoms with van der Waals surface area (Å²) in [4.78, 5) is 4.60. The van der Waals surface area contributed by atoms with Gasteiger partial charge in [-0.1, -0.05) is 0 Å². The van der Waals surface area contributed by atoms with Gasteiger partial charge in [0.05, 0.1) is 18.9 Å². The molecule has 2 fully saturated rings. The normalized spacial score (nSPS) is 20.8. The number of nitrogens with zero attached hydrogens (tertiary/aromatic N) is 1. The topological polar surface area (TPSA) is 43.4 Å². The van der Waals surface area contributed by atoms with Gasteiger partial charge in [-0.15, -0.1) is 11.3 Å². The summed E-state index contributed by atoms with van der Waals surface area (Å²) in [5.74, 6) is 0.670. The molecule has 0 unspecified atom stereocenters. The molecule has 2 aliphatic rings. The molecule has 106 valence electrons. The van der Waals surface area contributed by atoms with Crippen molar-refractivity contribution >= 4 is 11.3 Å². The van der Waals surface area contributed by atoms with E-state index in [9.17, 15) is 0 Å². The van der Waals surface area contributed by atoms with Crippen LogP contribution in [-0.2, 0) is 22.6 Å². The molecule has 1 aromatic heterocycles. The smallest absolute Gasteiger partial charge is 0.107 e. The molecule has 2 heterocycles. The number of ether oxygens (including phenoxy) is 2. The Bertz CT molecular complexity index is 387. The lowest BCUT2D eigenvalue weighted by Gasteiger charge is -2.21. The zero-order valence-corrected chi connectivity index (χ0v) is 12.1. The third kappa shape index (κ3) is 4.53. The van der Waals surface area contributed by atoms with E-state index in [0.29, 0.717) is 12.5 Å². The summed E-state index contributed by atoms with van der Waals surface area (Å²) in [5, 5.41) is 6.78. The van der Waals surface area contributed by atoms with Crippen molar-refractivity contribution in [2.75, 3.05) is 19.8 Å². The first-order valence-electron chi connectivity index (χ1n) is 7.22. The predicted molar refractivity (Wildman–Crippen MR) is 75.2 cm³/mol. The van der Waals surface area contributed by atoms with Crippen molar-refractivity contribution < 1.29 is 9.47 Å². The zero-order valence-electron chi connectivity index (χ0n) is 11.3. The molecule has 0 amide bonds. The fourth-order valence-corrected chi connectivity index (χ4v) is 2.99. The number of hydrogen-bond acceptors (Lipinski definition) is 5. The fourth-order valence-electron chi connectivity index (χ4n) is 2.26. The molecule has 0 aromatic carbocycles.